The predicted octanol–water partition coefficient (Wildman–Crippen LogP) is 3.17. The molecule has 1 N–H and O–H groups in total. The van der Waals surface area contributed by atoms with E-state index in [0.717, 1.165) is 12.8 Å². The number of ether oxygens (including phenoxy) is 2. The van der Waals surface area contributed by atoms with E-state index in [1.54, 1.807) is 12.1 Å². The third-order valence-corrected chi connectivity index (χ3v) is 4.08. The third kappa shape index (κ3) is 2.85. The van der Waals surface area contributed by atoms with E-state index in [1.165, 1.54) is 19.3 Å². The summed E-state index contributed by atoms with van der Waals surface area (Å²) >= 11 is 6.15. The van der Waals surface area contributed by atoms with Gasteiger partial charge in [-0.25, -0.2) is 0 Å². The SMILES string of the molecule is O=C(NC1CCCCC1)c1cc(Cl)c2c(c1)OCCO2. The van der Waals surface area contributed by atoms with Gasteiger partial charge in [0.25, 0.3) is 5.91 Å². The fourth-order valence-electron chi connectivity index (χ4n) is 2.76. The molecule has 5 heteroatoms. The maximum Gasteiger partial charge on any atom is 0.251 e. The number of hydrogen-bond acceptors (Lipinski definition) is 3. The number of amides is 1. The van der Waals surface area contributed by atoms with Gasteiger partial charge in [0.15, 0.2) is 11.5 Å². The highest BCUT2D eigenvalue weighted by atomic mass is 35.5. The van der Waals surface area contributed by atoms with Crippen LogP contribution in [0.1, 0.15) is 42.5 Å². The molecule has 0 spiro atoms. The summed E-state index contributed by atoms with van der Waals surface area (Å²) in [5.41, 5.74) is 0.532. The number of carbonyl (C=O) groups excluding carboxylic acids is 1. The summed E-state index contributed by atoms with van der Waals surface area (Å²) in [4.78, 5) is 12.3. The van der Waals surface area contributed by atoms with Gasteiger partial charge in [-0.2, -0.15) is 0 Å². The highest BCUT2D eigenvalue weighted by Crippen LogP contribution is 2.38. The quantitative estimate of drug-likeness (QED) is 0.911. The van der Waals surface area contributed by atoms with Gasteiger partial charge >= 0.3 is 0 Å². The lowest BCUT2D eigenvalue weighted by Crippen LogP contribution is -2.36. The Balaban J connectivity index is 1.75. The standard InChI is InChI=1S/C15H18ClNO3/c16-12-8-10(9-13-14(12)20-7-6-19-13)15(18)17-11-4-2-1-3-5-11/h8-9,11H,1-7H2,(H,17,18). The van der Waals surface area contributed by atoms with Crippen LogP contribution in [-0.4, -0.2) is 25.2 Å². The van der Waals surface area contributed by atoms with Crippen LogP contribution in [0.25, 0.3) is 0 Å². The molecular formula is C15H18ClNO3. The zero-order valence-corrected chi connectivity index (χ0v) is 12.0. The predicted molar refractivity (Wildman–Crippen MR) is 76.8 cm³/mol. The van der Waals surface area contributed by atoms with Crippen LogP contribution in [0.4, 0.5) is 0 Å². The molecule has 108 valence electrons. The molecule has 0 aromatic heterocycles. The van der Waals surface area contributed by atoms with Gasteiger partial charge in [-0.05, 0) is 25.0 Å². The lowest BCUT2D eigenvalue weighted by atomic mass is 9.95. The van der Waals surface area contributed by atoms with Crippen LogP contribution in [0, 0.1) is 0 Å². The molecule has 2 aliphatic rings. The molecule has 20 heavy (non-hydrogen) atoms. The Kier molecular flexibility index (Phi) is 4.01. The first-order chi connectivity index (χ1) is 9.74. The molecule has 1 aliphatic carbocycles. The van der Waals surface area contributed by atoms with Crippen LogP contribution >= 0.6 is 11.6 Å². The second-order valence-electron chi connectivity index (χ2n) is 5.29. The van der Waals surface area contributed by atoms with Crippen molar-refractivity contribution in [2.75, 3.05) is 13.2 Å². The van der Waals surface area contributed by atoms with Crippen molar-refractivity contribution in [3.63, 3.8) is 0 Å². The van der Waals surface area contributed by atoms with E-state index >= 15 is 0 Å². The Labute approximate surface area is 123 Å². The molecule has 1 aromatic rings. The first-order valence-corrected chi connectivity index (χ1v) is 7.52. The second-order valence-corrected chi connectivity index (χ2v) is 5.70. The topological polar surface area (TPSA) is 47.6 Å². The Bertz CT molecular complexity index is 512. The van der Waals surface area contributed by atoms with E-state index in [-0.39, 0.29) is 11.9 Å². The molecule has 0 saturated heterocycles. The van der Waals surface area contributed by atoms with Crippen molar-refractivity contribution < 1.29 is 14.3 Å². The Morgan fingerprint density at radius 2 is 1.90 bits per heavy atom. The first-order valence-electron chi connectivity index (χ1n) is 7.14. The molecule has 1 fully saturated rings. The van der Waals surface area contributed by atoms with E-state index in [0.29, 0.717) is 35.3 Å². The maximum absolute atomic E-state index is 12.3. The summed E-state index contributed by atoms with van der Waals surface area (Å²) in [6, 6.07) is 3.63. The molecule has 0 bridgehead atoms. The number of benzene rings is 1. The van der Waals surface area contributed by atoms with Crippen molar-refractivity contribution in [2.24, 2.45) is 0 Å². The summed E-state index contributed by atoms with van der Waals surface area (Å²) in [6.07, 6.45) is 5.76. The summed E-state index contributed by atoms with van der Waals surface area (Å²) in [5.74, 6) is 1.00. The first kappa shape index (κ1) is 13.6. The zero-order valence-electron chi connectivity index (χ0n) is 11.3. The number of fused-ring (bicyclic) bond motifs is 1. The van der Waals surface area contributed by atoms with Gasteiger partial charge in [0.05, 0.1) is 5.02 Å². The van der Waals surface area contributed by atoms with Gasteiger partial charge in [0.1, 0.15) is 13.2 Å². The smallest absolute Gasteiger partial charge is 0.251 e. The van der Waals surface area contributed by atoms with E-state index < -0.39 is 0 Å². The Hall–Kier alpha value is -1.42. The van der Waals surface area contributed by atoms with Crippen LogP contribution < -0.4 is 14.8 Å². The minimum absolute atomic E-state index is 0.0872. The second kappa shape index (κ2) is 5.92. The van der Waals surface area contributed by atoms with E-state index in [1.807, 2.05) is 0 Å². The summed E-state index contributed by atoms with van der Waals surface area (Å²) in [7, 11) is 0. The van der Waals surface area contributed by atoms with Crippen LogP contribution in [0.15, 0.2) is 12.1 Å². The summed E-state index contributed by atoms with van der Waals surface area (Å²) in [6.45, 7) is 0.970. The van der Waals surface area contributed by atoms with E-state index in [4.69, 9.17) is 21.1 Å². The minimum Gasteiger partial charge on any atom is -0.486 e. The molecule has 1 heterocycles. The van der Waals surface area contributed by atoms with E-state index in [9.17, 15) is 4.79 Å². The number of rotatable bonds is 2. The molecule has 0 atom stereocenters. The van der Waals surface area contributed by atoms with Crippen molar-refractivity contribution in [1.29, 1.82) is 0 Å². The molecule has 0 radical (unpaired) electrons. The van der Waals surface area contributed by atoms with Gasteiger partial charge in [-0.15, -0.1) is 0 Å². The maximum atomic E-state index is 12.3. The van der Waals surface area contributed by atoms with Crippen molar-refractivity contribution in [3.05, 3.63) is 22.7 Å². The number of carbonyl (C=O) groups is 1. The van der Waals surface area contributed by atoms with Crippen molar-refractivity contribution >= 4 is 17.5 Å². The van der Waals surface area contributed by atoms with Gasteiger partial charge in [-0.1, -0.05) is 30.9 Å². The van der Waals surface area contributed by atoms with Gasteiger partial charge < -0.3 is 14.8 Å². The molecule has 0 unspecified atom stereocenters. The van der Waals surface area contributed by atoms with Gasteiger partial charge in [0, 0.05) is 11.6 Å². The van der Waals surface area contributed by atoms with Crippen LogP contribution in [0.5, 0.6) is 11.5 Å². The number of hydrogen-bond donors (Lipinski definition) is 1. The molecule has 4 nitrogen and oxygen atoms in total. The Morgan fingerprint density at radius 1 is 1.15 bits per heavy atom. The fraction of sp³-hybridized carbons (Fsp3) is 0.533. The largest absolute Gasteiger partial charge is 0.486 e. The van der Waals surface area contributed by atoms with Crippen molar-refractivity contribution in [2.45, 2.75) is 38.1 Å². The highest BCUT2D eigenvalue weighted by molar-refractivity contribution is 6.32. The molecule has 1 amide bonds. The fourth-order valence-corrected chi connectivity index (χ4v) is 3.02. The monoisotopic (exact) mass is 295 g/mol. The third-order valence-electron chi connectivity index (χ3n) is 3.80. The molecular weight excluding hydrogens is 278 g/mol. The van der Waals surface area contributed by atoms with E-state index in [2.05, 4.69) is 5.32 Å². The number of nitrogens with one attached hydrogen (secondary N) is 1. The van der Waals surface area contributed by atoms with Crippen molar-refractivity contribution in [1.82, 2.24) is 5.32 Å². The van der Waals surface area contributed by atoms with Gasteiger partial charge in [-0.3, -0.25) is 4.79 Å². The van der Waals surface area contributed by atoms with Gasteiger partial charge in [0.2, 0.25) is 0 Å². The normalized spacial score (nSPS) is 18.6. The highest BCUT2D eigenvalue weighted by Gasteiger charge is 2.21. The van der Waals surface area contributed by atoms with Crippen LogP contribution in [0.3, 0.4) is 0 Å². The summed E-state index contributed by atoms with van der Waals surface area (Å²) in [5, 5.41) is 3.50. The number of halogens is 1. The molecule has 1 aliphatic heterocycles. The Morgan fingerprint density at radius 3 is 2.70 bits per heavy atom. The average Bonchev–Trinajstić information content (AvgIpc) is 2.48. The lowest BCUT2D eigenvalue weighted by Gasteiger charge is -2.24. The van der Waals surface area contributed by atoms with Crippen LogP contribution in [-0.2, 0) is 0 Å². The molecule has 1 saturated carbocycles. The molecule has 3 rings (SSSR count). The lowest BCUT2D eigenvalue weighted by molar-refractivity contribution is 0.0926. The zero-order chi connectivity index (χ0) is 13.9. The summed E-state index contributed by atoms with van der Waals surface area (Å²) < 4.78 is 10.9. The average molecular weight is 296 g/mol. The molecule has 1 aromatic carbocycles. The minimum atomic E-state index is -0.0872. The van der Waals surface area contributed by atoms with Crippen LogP contribution in [0.2, 0.25) is 5.02 Å². The van der Waals surface area contributed by atoms with Crippen molar-refractivity contribution in [3.8, 4) is 11.5 Å².